The number of ether oxygens (including phenoxy) is 2. The molecule has 5 aliphatic carbocycles. The molecule has 0 N–H and O–H groups in total. The SMILES string of the molecule is C=C(C)[C@@H]1CC[C@]2(C(=O)OC)CC[C@]3(C)[C@H](CC[C@@H]4[C@@]5(C)CC[C@H](OC(=O)CCCC[P+](c6ccccc6)(c6ccccc6)c6ccccc6)C(C)(C)[C@@H]5CC[C@]43C)[C@@H]12. The molecule has 0 aliphatic heterocycles. The number of rotatable bonds is 11. The number of carbonyl (C=O) groups is 2. The highest BCUT2D eigenvalue weighted by atomic mass is 31.2. The minimum absolute atomic E-state index is 0.0247. The fourth-order valence-corrected chi connectivity index (χ4v) is 20.0. The minimum Gasteiger partial charge on any atom is -0.469 e. The average Bonchev–Trinajstić information content (AvgIpc) is 3.64. The molecule has 59 heavy (non-hydrogen) atoms. The van der Waals surface area contributed by atoms with Crippen LogP contribution in [-0.4, -0.2) is 31.3 Å². The minimum atomic E-state index is -1.92. The number of hydrogen-bond acceptors (Lipinski definition) is 4. The van der Waals surface area contributed by atoms with Gasteiger partial charge in [0.05, 0.1) is 18.7 Å². The third-order valence-corrected chi connectivity index (χ3v) is 23.1. The highest BCUT2D eigenvalue weighted by Gasteiger charge is 2.72. The molecule has 5 heteroatoms. The largest absolute Gasteiger partial charge is 0.469 e. The first kappa shape index (κ1) is 42.5. The van der Waals surface area contributed by atoms with Gasteiger partial charge in [-0.15, -0.1) is 0 Å². The van der Waals surface area contributed by atoms with Crippen molar-refractivity contribution in [1.29, 1.82) is 0 Å². The Bertz CT molecular complexity index is 1900. The van der Waals surface area contributed by atoms with Crippen LogP contribution in [0.4, 0.5) is 0 Å². The van der Waals surface area contributed by atoms with Crippen molar-refractivity contribution >= 4 is 35.1 Å². The van der Waals surface area contributed by atoms with Gasteiger partial charge in [-0.05, 0) is 166 Å². The van der Waals surface area contributed by atoms with Crippen LogP contribution in [0.15, 0.2) is 103 Å². The molecule has 3 aromatic carbocycles. The molecule has 0 unspecified atom stereocenters. The molecule has 0 amide bonds. The zero-order valence-corrected chi connectivity index (χ0v) is 38.2. The quantitative estimate of drug-likeness (QED) is 0.0837. The monoisotopic (exact) mass is 816 g/mol. The number of methoxy groups -OCH3 is 1. The second-order valence-corrected chi connectivity index (χ2v) is 24.8. The first-order valence-electron chi connectivity index (χ1n) is 23.2. The molecule has 5 saturated carbocycles. The van der Waals surface area contributed by atoms with Crippen LogP contribution in [-0.2, 0) is 19.1 Å². The van der Waals surface area contributed by atoms with Crippen LogP contribution in [0.3, 0.4) is 0 Å². The molecule has 5 aliphatic rings. The van der Waals surface area contributed by atoms with E-state index in [0.29, 0.717) is 36.0 Å². The van der Waals surface area contributed by atoms with Crippen molar-refractivity contribution in [2.75, 3.05) is 13.3 Å². The number of esters is 2. The van der Waals surface area contributed by atoms with E-state index >= 15 is 0 Å². The Hall–Kier alpha value is -3.23. The van der Waals surface area contributed by atoms with E-state index in [1.54, 1.807) is 7.11 Å². The van der Waals surface area contributed by atoms with Gasteiger partial charge >= 0.3 is 11.9 Å². The lowest BCUT2D eigenvalue weighted by Crippen LogP contribution is -2.67. The molecular weight excluding hydrogens is 744 g/mol. The maximum Gasteiger partial charge on any atom is 0.312 e. The summed E-state index contributed by atoms with van der Waals surface area (Å²) < 4.78 is 12.2. The van der Waals surface area contributed by atoms with Crippen LogP contribution in [0.5, 0.6) is 0 Å². The Labute approximate surface area is 357 Å². The smallest absolute Gasteiger partial charge is 0.312 e. The molecule has 0 aromatic heterocycles. The van der Waals surface area contributed by atoms with E-state index in [1.165, 1.54) is 47.2 Å². The van der Waals surface area contributed by atoms with Gasteiger partial charge in [-0.3, -0.25) is 9.59 Å². The van der Waals surface area contributed by atoms with Crippen LogP contribution in [0.25, 0.3) is 0 Å². The second-order valence-electron chi connectivity index (χ2n) is 21.2. The Morgan fingerprint density at radius 3 is 1.83 bits per heavy atom. The Morgan fingerprint density at radius 1 is 0.678 bits per heavy atom. The number of fused-ring (bicyclic) bond motifs is 7. The van der Waals surface area contributed by atoms with E-state index in [0.717, 1.165) is 57.5 Å². The summed E-state index contributed by atoms with van der Waals surface area (Å²) in [7, 11) is -0.324. The second kappa shape index (κ2) is 15.9. The lowest BCUT2D eigenvalue weighted by Gasteiger charge is -2.72. The summed E-state index contributed by atoms with van der Waals surface area (Å²) in [6, 6.07) is 33.2. The fourth-order valence-electron chi connectivity index (χ4n) is 15.6. The normalized spacial score (nSPS) is 35.9. The summed E-state index contributed by atoms with van der Waals surface area (Å²) >= 11 is 0. The van der Waals surface area contributed by atoms with Gasteiger partial charge in [0.1, 0.15) is 29.3 Å². The standard InChI is InChI=1S/C54H72O4P/c1-38(2)42-29-34-54(49(56)57-8)36-35-52(6)43(48(42)54)27-28-45-51(5)32-31-46(50(3,4)44(51)30-33-53(45,52)7)58-47(55)26-18-19-37-59(39-20-12-9-13-21-39,40-22-14-10-15-23-40)41-24-16-11-17-25-41/h9-17,20-25,42-46,48H,1,18-19,26-37H2,2-8H3/q+1/t42-,43+,44-,45+,46-,48+,51-,52+,53+,54-/m0/s1. The third kappa shape index (κ3) is 6.62. The lowest BCUT2D eigenvalue weighted by atomic mass is 9.32. The molecule has 0 radical (unpaired) electrons. The van der Waals surface area contributed by atoms with E-state index < -0.39 is 7.26 Å². The first-order chi connectivity index (χ1) is 28.2. The fraction of sp³-hybridized carbons (Fsp3) is 0.593. The molecule has 0 saturated heterocycles. The molecule has 10 atom stereocenters. The van der Waals surface area contributed by atoms with Gasteiger partial charge < -0.3 is 9.47 Å². The number of carbonyl (C=O) groups excluding carboxylic acids is 2. The summed E-state index contributed by atoms with van der Waals surface area (Å²) in [6.07, 6.45) is 14.1. The highest BCUT2D eigenvalue weighted by molar-refractivity contribution is 7.95. The summed E-state index contributed by atoms with van der Waals surface area (Å²) in [5, 5.41) is 4.18. The molecule has 316 valence electrons. The maximum absolute atomic E-state index is 13.9. The van der Waals surface area contributed by atoms with Crippen molar-refractivity contribution in [3.8, 4) is 0 Å². The molecule has 8 rings (SSSR count). The molecule has 0 spiro atoms. The van der Waals surface area contributed by atoms with E-state index in [-0.39, 0.29) is 45.1 Å². The summed E-state index contributed by atoms with van der Waals surface area (Å²) in [4.78, 5) is 27.5. The number of benzene rings is 3. The Morgan fingerprint density at radius 2 is 1.27 bits per heavy atom. The van der Waals surface area contributed by atoms with Gasteiger partial charge in [0.15, 0.2) is 0 Å². The van der Waals surface area contributed by atoms with Crippen LogP contribution in [0.2, 0.25) is 0 Å². The summed E-state index contributed by atoms with van der Waals surface area (Å²) in [6.45, 7) is 19.4. The molecule has 5 fully saturated rings. The molecule has 0 bridgehead atoms. The van der Waals surface area contributed by atoms with Crippen LogP contribution >= 0.6 is 7.26 Å². The van der Waals surface area contributed by atoms with Crippen molar-refractivity contribution in [1.82, 2.24) is 0 Å². The average molecular weight is 816 g/mol. The summed E-state index contributed by atoms with van der Waals surface area (Å²) in [5.41, 5.74) is 1.35. The van der Waals surface area contributed by atoms with Crippen molar-refractivity contribution < 1.29 is 19.1 Å². The summed E-state index contributed by atoms with van der Waals surface area (Å²) in [5.74, 6) is 2.36. The first-order valence-corrected chi connectivity index (χ1v) is 25.1. The lowest BCUT2D eigenvalue weighted by molar-refractivity contribution is -0.250. The number of hydrogen-bond donors (Lipinski definition) is 0. The topological polar surface area (TPSA) is 52.6 Å². The van der Waals surface area contributed by atoms with Gasteiger partial charge in [-0.2, -0.15) is 0 Å². The zero-order valence-electron chi connectivity index (χ0n) is 37.3. The van der Waals surface area contributed by atoms with Gasteiger partial charge in [0.25, 0.3) is 0 Å². The van der Waals surface area contributed by atoms with E-state index in [1.807, 2.05) is 0 Å². The Balaban J connectivity index is 0.957. The van der Waals surface area contributed by atoms with Crippen molar-refractivity contribution in [3.63, 3.8) is 0 Å². The van der Waals surface area contributed by atoms with Gasteiger partial charge in [-0.25, -0.2) is 0 Å². The third-order valence-electron chi connectivity index (χ3n) is 18.6. The highest BCUT2D eigenvalue weighted by Crippen LogP contribution is 2.77. The predicted octanol–water partition coefficient (Wildman–Crippen LogP) is 11.9. The predicted molar refractivity (Wildman–Crippen MR) is 245 cm³/mol. The van der Waals surface area contributed by atoms with Crippen molar-refractivity contribution in [2.45, 2.75) is 131 Å². The Kier molecular flexibility index (Phi) is 11.4. The number of unbranched alkanes of at least 4 members (excludes halogenated alkanes) is 1. The van der Waals surface area contributed by atoms with E-state index in [4.69, 9.17) is 9.47 Å². The van der Waals surface area contributed by atoms with Crippen molar-refractivity contribution in [3.05, 3.63) is 103 Å². The van der Waals surface area contributed by atoms with Gasteiger partial charge in [0, 0.05) is 11.8 Å². The van der Waals surface area contributed by atoms with E-state index in [9.17, 15) is 9.59 Å². The number of allylic oxidation sites excluding steroid dienone is 1. The van der Waals surface area contributed by atoms with Crippen molar-refractivity contribution in [2.24, 2.45) is 56.7 Å². The van der Waals surface area contributed by atoms with Crippen LogP contribution in [0.1, 0.15) is 125 Å². The molecule has 3 aromatic rings. The van der Waals surface area contributed by atoms with Gasteiger partial charge in [0.2, 0.25) is 0 Å². The van der Waals surface area contributed by atoms with Crippen LogP contribution < -0.4 is 15.9 Å². The molecule has 0 heterocycles. The zero-order chi connectivity index (χ0) is 41.8. The van der Waals surface area contributed by atoms with Gasteiger partial charge in [-0.1, -0.05) is 101 Å². The molecule has 4 nitrogen and oxygen atoms in total. The molecular formula is C54H72O4P+. The van der Waals surface area contributed by atoms with E-state index in [2.05, 4.69) is 139 Å². The van der Waals surface area contributed by atoms with Crippen LogP contribution in [0, 0.1) is 56.7 Å². The maximum atomic E-state index is 13.9.